The lowest BCUT2D eigenvalue weighted by atomic mass is 10.1. The quantitative estimate of drug-likeness (QED) is 0.855. The molecule has 2 aromatic rings. The molecule has 0 aliphatic carbocycles. The SMILES string of the molecule is CCOC=O.Nc1cncc(Cc2ccccc2)c1. The number of hydrogen-bond acceptors (Lipinski definition) is 4. The summed E-state index contributed by atoms with van der Waals surface area (Å²) in [6.45, 7) is 2.66. The van der Waals surface area contributed by atoms with Crippen LogP contribution in [0, 0.1) is 0 Å². The Labute approximate surface area is 113 Å². The molecule has 0 fully saturated rings. The van der Waals surface area contributed by atoms with Gasteiger partial charge in [-0.2, -0.15) is 0 Å². The first-order valence-electron chi connectivity index (χ1n) is 6.04. The van der Waals surface area contributed by atoms with E-state index in [0.29, 0.717) is 13.1 Å². The molecule has 0 saturated carbocycles. The average Bonchev–Trinajstić information content (AvgIpc) is 2.41. The normalized spacial score (nSPS) is 9.11. The maximum Gasteiger partial charge on any atom is 0.293 e. The number of benzene rings is 1. The van der Waals surface area contributed by atoms with Gasteiger partial charge < -0.3 is 10.5 Å². The van der Waals surface area contributed by atoms with Crippen molar-refractivity contribution in [3.63, 3.8) is 0 Å². The Hall–Kier alpha value is -2.36. The van der Waals surface area contributed by atoms with Crippen LogP contribution in [0.3, 0.4) is 0 Å². The Morgan fingerprint density at radius 2 is 1.95 bits per heavy atom. The molecule has 100 valence electrons. The summed E-state index contributed by atoms with van der Waals surface area (Å²) < 4.78 is 4.15. The summed E-state index contributed by atoms with van der Waals surface area (Å²) in [6, 6.07) is 12.2. The average molecular weight is 258 g/mol. The summed E-state index contributed by atoms with van der Waals surface area (Å²) in [5.41, 5.74) is 8.80. The minimum Gasteiger partial charge on any atom is -0.468 e. The number of pyridine rings is 1. The summed E-state index contributed by atoms with van der Waals surface area (Å²) in [5, 5.41) is 0. The first kappa shape index (κ1) is 14.7. The molecule has 19 heavy (non-hydrogen) atoms. The summed E-state index contributed by atoms with van der Waals surface area (Å²) in [7, 11) is 0. The van der Waals surface area contributed by atoms with E-state index in [1.165, 1.54) is 5.56 Å². The molecule has 1 aromatic heterocycles. The van der Waals surface area contributed by atoms with Crippen molar-refractivity contribution in [1.29, 1.82) is 0 Å². The summed E-state index contributed by atoms with van der Waals surface area (Å²) >= 11 is 0. The van der Waals surface area contributed by atoms with Crippen LogP contribution >= 0.6 is 0 Å². The van der Waals surface area contributed by atoms with Gasteiger partial charge in [0.05, 0.1) is 12.3 Å². The number of nitrogens with zero attached hydrogens (tertiary/aromatic N) is 1. The number of nitrogen functional groups attached to an aromatic ring is 1. The Morgan fingerprint density at radius 1 is 1.21 bits per heavy atom. The van der Waals surface area contributed by atoms with Gasteiger partial charge in [-0.25, -0.2) is 0 Å². The third kappa shape index (κ3) is 6.21. The zero-order valence-electron chi connectivity index (χ0n) is 11.0. The van der Waals surface area contributed by atoms with Gasteiger partial charge in [0.15, 0.2) is 0 Å². The van der Waals surface area contributed by atoms with Crippen molar-refractivity contribution in [2.24, 2.45) is 0 Å². The summed E-state index contributed by atoms with van der Waals surface area (Å²) in [6.07, 6.45) is 4.40. The second kappa shape index (κ2) is 8.69. The number of ether oxygens (including phenoxy) is 1. The van der Waals surface area contributed by atoms with Crippen molar-refractivity contribution >= 4 is 12.2 Å². The van der Waals surface area contributed by atoms with E-state index in [9.17, 15) is 4.79 Å². The van der Waals surface area contributed by atoms with Crippen molar-refractivity contribution in [2.75, 3.05) is 12.3 Å². The van der Waals surface area contributed by atoms with Crippen LogP contribution < -0.4 is 5.73 Å². The van der Waals surface area contributed by atoms with E-state index in [0.717, 1.165) is 17.7 Å². The maximum absolute atomic E-state index is 9.18. The zero-order valence-corrected chi connectivity index (χ0v) is 11.0. The zero-order chi connectivity index (χ0) is 13.9. The Morgan fingerprint density at radius 3 is 2.47 bits per heavy atom. The number of aromatic nitrogens is 1. The third-order valence-electron chi connectivity index (χ3n) is 2.30. The highest BCUT2D eigenvalue weighted by molar-refractivity contribution is 5.38. The van der Waals surface area contributed by atoms with E-state index in [-0.39, 0.29) is 0 Å². The Bertz CT molecular complexity index is 487. The van der Waals surface area contributed by atoms with Crippen molar-refractivity contribution in [2.45, 2.75) is 13.3 Å². The van der Waals surface area contributed by atoms with Gasteiger partial charge >= 0.3 is 0 Å². The highest BCUT2D eigenvalue weighted by atomic mass is 16.5. The number of rotatable bonds is 4. The fourth-order valence-electron chi connectivity index (χ4n) is 1.50. The minimum absolute atomic E-state index is 0.431. The van der Waals surface area contributed by atoms with E-state index in [1.54, 1.807) is 13.1 Å². The molecule has 0 aliphatic rings. The molecule has 0 amide bonds. The van der Waals surface area contributed by atoms with E-state index in [1.807, 2.05) is 30.5 Å². The van der Waals surface area contributed by atoms with E-state index in [2.05, 4.69) is 21.9 Å². The van der Waals surface area contributed by atoms with Gasteiger partial charge in [-0.1, -0.05) is 30.3 Å². The molecule has 0 atom stereocenters. The highest BCUT2D eigenvalue weighted by Gasteiger charge is 1.96. The molecule has 0 radical (unpaired) electrons. The first-order chi connectivity index (χ1) is 9.26. The molecule has 0 saturated heterocycles. The summed E-state index contributed by atoms with van der Waals surface area (Å²) in [4.78, 5) is 13.2. The van der Waals surface area contributed by atoms with Crippen LogP contribution in [0.5, 0.6) is 0 Å². The van der Waals surface area contributed by atoms with Crippen LogP contribution in [0.25, 0.3) is 0 Å². The molecule has 0 aliphatic heterocycles. The van der Waals surface area contributed by atoms with Crippen LogP contribution in [-0.4, -0.2) is 18.1 Å². The highest BCUT2D eigenvalue weighted by Crippen LogP contribution is 2.10. The van der Waals surface area contributed by atoms with E-state index < -0.39 is 0 Å². The largest absolute Gasteiger partial charge is 0.468 e. The lowest BCUT2D eigenvalue weighted by Crippen LogP contribution is -1.92. The molecule has 2 N–H and O–H groups in total. The van der Waals surface area contributed by atoms with Crippen LogP contribution in [0.15, 0.2) is 48.8 Å². The predicted octanol–water partition coefficient (Wildman–Crippen LogP) is 2.43. The molecule has 0 spiro atoms. The molecular weight excluding hydrogens is 240 g/mol. The van der Waals surface area contributed by atoms with Gasteiger partial charge in [-0.15, -0.1) is 0 Å². The van der Waals surface area contributed by atoms with E-state index in [4.69, 9.17) is 5.73 Å². The number of hydrogen-bond donors (Lipinski definition) is 1. The Balaban J connectivity index is 0.000000312. The third-order valence-corrected chi connectivity index (χ3v) is 2.30. The van der Waals surface area contributed by atoms with Gasteiger partial charge in [0.2, 0.25) is 0 Å². The smallest absolute Gasteiger partial charge is 0.293 e. The number of anilines is 1. The number of carbonyl (C=O) groups is 1. The fraction of sp³-hybridized carbons (Fsp3) is 0.200. The second-order valence-electron chi connectivity index (χ2n) is 3.84. The van der Waals surface area contributed by atoms with Crippen LogP contribution in [0.4, 0.5) is 5.69 Å². The van der Waals surface area contributed by atoms with Gasteiger partial charge in [0, 0.05) is 12.4 Å². The lowest BCUT2D eigenvalue weighted by Gasteiger charge is -2.01. The fourth-order valence-corrected chi connectivity index (χ4v) is 1.50. The standard InChI is InChI=1S/C12H12N2.C3H6O2/c13-12-7-11(8-14-9-12)6-10-4-2-1-3-5-10;1-2-5-3-4/h1-5,7-9H,6,13H2;3H,2H2,1H3. The monoisotopic (exact) mass is 258 g/mol. The van der Waals surface area contributed by atoms with Crippen molar-refractivity contribution in [3.8, 4) is 0 Å². The van der Waals surface area contributed by atoms with Gasteiger partial charge in [-0.3, -0.25) is 9.78 Å². The lowest BCUT2D eigenvalue weighted by molar-refractivity contribution is -0.128. The number of carbonyl (C=O) groups excluding carboxylic acids is 1. The molecule has 0 unspecified atom stereocenters. The molecule has 1 heterocycles. The molecule has 1 aromatic carbocycles. The topological polar surface area (TPSA) is 65.2 Å². The van der Waals surface area contributed by atoms with Crippen molar-refractivity contribution < 1.29 is 9.53 Å². The minimum atomic E-state index is 0.431. The molecule has 0 bridgehead atoms. The second-order valence-corrected chi connectivity index (χ2v) is 3.84. The molecule has 2 rings (SSSR count). The Kier molecular flexibility index (Phi) is 6.72. The summed E-state index contributed by atoms with van der Waals surface area (Å²) in [5.74, 6) is 0. The predicted molar refractivity (Wildman–Crippen MR) is 75.6 cm³/mol. The van der Waals surface area contributed by atoms with Crippen molar-refractivity contribution in [1.82, 2.24) is 4.98 Å². The van der Waals surface area contributed by atoms with Crippen LogP contribution in [0.2, 0.25) is 0 Å². The molecule has 4 heteroatoms. The molecular formula is C15H18N2O2. The first-order valence-corrected chi connectivity index (χ1v) is 6.04. The van der Waals surface area contributed by atoms with Crippen LogP contribution in [-0.2, 0) is 16.0 Å². The van der Waals surface area contributed by atoms with E-state index >= 15 is 0 Å². The maximum atomic E-state index is 9.18. The van der Waals surface area contributed by atoms with Gasteiger partial charge in [0.1, 0.15) is 0 Å². The van der Waals surface area contributed by atoms with Crippen molar-refractivity contribution in [3.05, 3.63) is 59.9 Å². The van der Waals surface area contributed by atoms with Crippen LogP contribution in [0.1, 0.15) is 18.1 Å². The molecule has 4 nitrogen and oxygen atoms in total. The number of nitrogens with two attached hydrogens (primary N) is 1. The van der Waals surface area contributed by atoms with Gasteiger partial charge in [-0.05, 0) is 30.5 Å². The van der Waals surface area contributed by atoms with Gasteiger partial charge in [0.25, 0.3) is 6.47 Å².